The Hall–Kier alpha value is -0.820. The lowest BCUT2D eigenvalue weighted by Crippen LogP contribution is -2.55. The molecule has 1 spiro atoms. The van der Waals surface area contributed by atoms with Crippen LogP contribution in [0.2, 0.25) is 0 Å². The van der Waals surface area contributed by atoms with E-state index >= 15 is 0 Å². The molecule has 0 bridgehead atoms. The summed E-state index contributed by atoms with van der Waals surface area (Å²) in [6.07, 6.45) is 41.6. The van der Waals surface area contributed by atoms with E-state index in [2.05, 4.69) is 71.9 Å². The summed E-state index contributed by atoms with van der Waals surface area (Å²) in [6, 6.07) is 0. The minimum Gasteiger partial charge on any atom is -0.393 e. The summed E-state index contributed by atoms with van der Waals surface area (Å²) in [4.78, 5) is 0. The van der Waals surface area contributed by atoms with Gasteiger partial charge in [-0.2, -0.15) is 0 Å². The maximum absolute atomic E-state index is 11.2. The smallest absolute Gasteiger partial charge is 0.0583 e. The summed E-state index contributed by atoms with van der Waals surface area (Å²) in [7, 11) is 0. The molecule has 0 radical (unpaired) electrons. The fraction of sp³-hybridized carbons (Fsp3) is 0.867. The van der Waals surface area contributed by atoms with Crippen LogP contribution in [0.15, 0.2) is 36.0 Å². The zero-order valence-electron chi connectivity index (χ0n) is 31.5. The number of allylic oxidation sites excluding steroid dienone is 5. The Kier molecular flexibility index (Phi) is 12.9. The number of hydrogen-bond donors (Lipinski definition) is 1. The van der Waals surface area contributed by atoms with E-state index in [1.165, 1.54) is 122 Å². The maximum atomic E-state index is 11.2. The van der Waals surface area contributed by atoms with Crippen LogP contribution >= 0.6 is 0 Å². The summed E-state index contributed by atoms with van der Waals surface area (Å²) >= 11 is 0. The van der Waals surface area contributed by atoms with Gasteiger partial charge in [0.1, 0.15) is 0 Å². The van der Waals surface area contributed by atoms with Crippen molar-refractivity contribution < 1.29 is 5.11 Å². The summed E-state index contributed by atoms with van der Waals surface area (Å²) in [5.41, 5.74) is 2.99. The first kappa shape index (κ1) is 36.5. The number of hydrogen-bond acceptors (Lipinski definition) is 1. The van der Waals surface area contributed by atoms with Crippen LogP contribution in [0.3, 0.4) is 0 Å². The number of unbranched alkanes of at least 4 members (excludes halogenated alkanes) is 7. The molecule has 46 heavy (non-hydrogen) atoms. The van der Waals surface area contributed by atoms with Crippen molar-refractivity contribution in [3.05, 3.63) is 36.0 Å². The Morgan fingerprint density at radius 3 is 2.30 bits per heavy atom. The van der Waals surface area contributed by atoms with Crippen molar-refractivity contribution in [3.8, 4) is 0 Å². The highest BCUT2D eigenvalue weighted by Crippen LogP contribution is 2.78. The molecule has 0 aliphatic heterocycles. The zero-order chi connectivity index (χ0) is 32.8. The lowest BCUT2D eigenvalue weighted by Gasteiger charge is -2.61. The Bertz CT molecular complexity index is 1030. The topological polar surface area (TPSA) is 20.2 Å². The van der Waals surface area contributed by atoms with Crippen LogP contribution in [0.5, 0.6) is 0 Å². The molecule has 5 aliphatic carbocycles. The van der Waals surface area contributed by atoms with Gasteiger partial charge in [0.25, 0.3) is 0 Å². The van der Waals surface area contributed by atoms with Crippen molar-refractivity contribution in [1.82, 2.24) is 0 Å². The molecule has 4 saturated carbocycles. The molecule has 0 aromatic heterocycles. The van der Waals surface area contributed by atoms with Crippen LogP contribution < -0.4 is 0 Å². The van der Waals surface area contributed by atoms with Crippen molar-refractivity contribution in [2.45, 2.75) is 189 Å². The van der Waals surface area contributed by atoms with E-state index in [4.69, 9.17) is 0 Å². The second-order valence-electron chi connectivity index (χ2n) is 18.4. The van der Waals surface area contributed by atoms with E-state index in [0.29, 0.717) is 16.2 Å². The first-order valence-electron chi connectivity index (χ1n) is 20.8. The van der Waals surface area contributed by atoms with Crippen LogP contribution in [0, 0.1) is 57.7 Å². The average Bonchev–Trinajstić information content (AvgIpc) is 3.58. The normalized spacial score (nSPS) is 39.2. The van der Waals surface area contributed by atoms with Gasteiger partial charge in [0.2, 0.25) is 0 Å². The molecule has 2 unspecified atom stereocenters. The van der Waals surface area contributed by atoms with Crippen LogP contribution in [-0.4, -0.2) is 11.2 Å². The Labute approximate surface area is 286 Å². The standard InChI is InChI=1S/C45H76O/c1-7-8-9-10-11-12-13-14-15-16-17-18-19-20-24-37-32-45(37)33-38(46)31-36-25-26-39-41-28-27-40(35(4)23-21-22-34(2)3)43(41,5)30-29-42(39)44(36,45)6/h11-12,14-15,25,34-35,37-42,46H,7-10,13,16-24,26-33H2,1-6H3/b12-11+,15-14+/t35-,37?,38+,39+,40-,41+,42+,43-,44+,45?/m1/s1. The molecule has 0 saturated heterocycles. The van der Waals surface area contributed by atoms with Crippen LogP contribution in [-0.2, 0) is 0 Å². The second kappa shape index (κ2) is 16.3. The number of aliphatic hydroxyl groups excluding tert-OH is 1. The minimum absolute atomic E-state index is 0.102. The molecule has 5 aliphatic rings. The predicted molar refractivity (Wildman–Crippen MR) is 200 cm³/mol. The highest BCUT2D eigenvalue weighted by atomic mass is 16.3. The van der Waals surface area contributed by atoms with Gasteiger partial charge >= 0.3 is 0 Å². The van der Waals surface area contributed by atoms with E-state index < -0.39 is 0 Å². The third kappa shape index (κ3) is 7.65. The molecule has 1 heteroatoms. The number of fused-ring (bicyclic) bond motifs is 6. The predicted octanol–water partition coefficient (Wildman–Crippen LogP) is 13.4. The van der Waals surface area contributed by atoms with Gasteiger partial charge in [0.15, 0.2) is 0 Å². The summed E-state index contributed by atoms with van der Waals surface area (Å²) in [5, 5.41) is 11.2. The van der Waals surface area contributed by atoms with E-state index in [-0.39, 0.29) is 6.10 Å². The Morgan fingerprint density at radius 1 is 0.826 bits per heavy atom. The van der Waals surface area contributed by atoms with E-state index in [1.54, 1.807) is 5.57 Å². The second-order valence-corrected chi connectivity index (χ2v) is 18.4. The molecule has 10 atom stereocenters. The van der Waals surface area contributed by atoms with Crippen molar-refractivity contribution >= 4 is 0 Å². The largest absolute Gasteiger partial charge is 0.393 e. The summed E-state index contributed by atoms with van der Waals surface area (Å²) in [5.74, 6) is 6.19. The Balaban J connectivity index is 1.12. The first-order valence-corrected chi connectivity index (χ1v) is 20.8. The fourth-order valence-electron chi connectivity index (χ4n) is 12.7. The average molecular weight is 633 g/mol. The van der Waals surface area contributed by atoms with Gasteiger partial charge in [-0.15, -0.1) is 0 Å². The number of aliphatic hydroxyl groups is 1. The van der Waals surface area contributed by atoms with Gasteiger partial charge in [0.05, 0.1) is 6.10 Å². The third-order valence-corrected chi connectivity index (χ3v) is 15.3. The molecule has 0 aromatic carbocycles. The van der Waals surface area contributed by atoms with Gasteiger partial charge in [-0.05, 0) is 148 Å². The highest BCUT2D eigenvalue weighted by molar-refractivity contribution is 5.34. The van der Waals surface area contributed by atoms with Crippen LogP contribution in [0.4, 0.5) is 0 Å². The lowest BCUT2D eigenvalue weighted by molar-refractivity contribution is -0.0913. The van der Waals surface area contributed by atoms with Gasteiger partial charge in [-0.25, -0.2) is 0 Å². The molecular formula is C45H76O. The van der Waals surface area contributed by atoms with Gasteiger partial charge in [-0.1, -0.05) is 129 Å². The van der Waals surface area contributed by atoms with Crippen LogP contribution in [0.25, 0.3) is 0 Å². The lowest BCUT2D eigenvalue weighted by atomic mass is 9.43. The molecule has 0 heterocycles. The molecular weight excluding hydrogens is 556 g/mol. The van der Waals surface area contributed by atoms with Crippen molar-refractivity contribution in [2.75, 3.05) is 0 Å². The van der Waals surface area contributed by atoms with Crippen LogP contribution in [0.1, 0.15) is 183 Å². The highest BCUT2D eigenvalue weighted by Gasteiger charge is 2.71. The fourth-order valence-corrected chi connectivity index (χ4v) is 12.7. The van der Waals surface area contributed by atoms with Crippen molar-refractivity contribution in [3.63, 3.8) is 0 Å². The Morgan fingerprint density at radius 2 is 1.57 bits per heavy atom. The van der Waals surface area contributed by atoms with Gasteiger partial charge in [0, 0.05) is 0 Å². The number of rotatable bonds is 18. The molecule has 1 nitrogen and oxygen atoms in total. The molecule has 1 N–H and O–H groups in total. The van der Waals surface area contributed by atoms with Gasteiger partial charge < -0.3 is 5.11 Å². The maximum Gasteiger partial charge on any atom is 0.0583 e. The SMILES string of the molecule is CCCCC/C=C/C/C=C/CCCCCCC1CC12C[C@@H](O)CC1=CC[C@H]3[C@@H]4CC[C@H]([C@H](C)CCCC(C)C)[C@@]4(C)CC[C@@H]3[C@]12C. The van der Waals surface area contributed by atoms with Crippen molar-refractivity contribution in [1.29, 1.82) is 0 Å². The molecule has 0 amide bonds. The molecule has 4 fully saturated rings. The zero-order valence-corrected chi connectivity index (χ0v) is 31.5. The van der Waals surface area contributed by atoms with Crippen molar-refractivity contribution in [2.24, 2.45) is 57.7 Å². The van der Waals surface area contributed by atoms with E-state index in [0.717, 1.165) is 60.7 Å². The third-order valence-electron chi connectivity index (χ3n) is 15.3. The van der Waals surface area contributed by atoms with E-state index in [9.17, 15) is 5.11 Å². The molecule has 262 valence electrons. The molecule has 0 aromatic rings. The monoisotopic (exact) mass is 633 g/mol. The molecule has 5 rings (SSSR count). The summed E-state index contributed by atoms with van der Waals surface area (Å²) < 4.78 is 0. The summed E-state index contributed by atoms with van der Waals surface area (Å²) in [6.45, 7) is 15.2. The van der Waals surface area contributed by atoms with Gasteiger partial charge in [-0.3, -0.25) is 0 Å². The minimum atomic E-state index is -0.102. The van der Waals surface area contributed by atoms with E-state index in [1.807, 2.05) is 0 Å². The first-order chi connectivity index (χ1) is 22.2. The quantitative estimate of drug-likeness (QED) is 0.118.